The summed E-state index contributed by atoms with van der Waals surface area (Å²) in [4.78, 5) is 0.143. The van der Waals surface area contributed by atoms with Crippen LogP contribution in [0, 0.1) is 6.92 Å². The van der Waals surface area contributed by atoms with Gasteiger partial charge in [-0.3, -0.25) is 0 Å². The monoisotopic (exact) mass is 349 g/mol. The van der Waals surface area contributed by atoms with Crippen molar-refractivity contribution in [3.63, 3.8) is 0 Å². The van der Waals surface area contributed by atoms with E-state index < -0.39 is 10.0 Å². The zero-order valence-electron chi connectivity index (χ0n) is 14.4. The van der Waals surface area contributed by atoms with Crippen LogP contribution in [0.3, 0.4) is 0 Å². The molecule has 5 nitrogen and oxygen atoms in total. The molecule has 0 aromatic heterocycles. The molecule has 0 amide bonds. The second kappa shape index (κ2) is 7.68. The Balaban J connectivity index is 2.12. The van der Waals surface area contributed by atoms with Gasteiger partial charge in [0.15, 0.2) is 0 Å². The van der Waals surface area contributed by atoms with Gasteiger partial charge in [0.25, 0.3) is 0 Å². The Morgan fingerprint density at radius 3 is 2.33 bits per heavy atom. The molecule has 130 valence electrons. The van der Waals surface area contributed by atoms with Crippen molar-refractivity contribution in [2.45, 2.75) is 38.3 Å². The summed E-state index contributed by atoms with van der Waals surface area (Å²) < 4.78 is 38.4. The fraction of sp³-hybridized carbons (Fsp3) is 0.333. The molecule has 2 aromatic carbocycles. The van der Waals surface area contributed by atoms with Crippen LogP contribution in [0.5, 0.6) is 11.5 Å². The fourth-order valence-corrected chi connectivity index (χ4v) is 3.48. The van der Waals surface area contributed by atoms with Crippen molar-refractivity contribution in [1.29, 1.82) is 0 Å². The van der Waals surface area contributed by atoms with Crippen molar-refractivity contribution >= 4 is 10.0 Å². The van der Waals surface area contributed by atoms with Crippen LogP contribution in [0.1, 0.15) is 25.0 Å². The summed E-state index contributed by atoms with van der Waals surface area (Å²) in [6, 6.07) is 12.4. The number of ether oxygens (including phenoxy) is 2. The standard InChI is InChI=1S/C18H23NO4S/c1-13(2)23-16-8-6-15(7-9-16)12-19-24(20,21)18-11-14(3)5-10-17(18)22-4/h5-11,13,19H,12H2,1-4H3. The van der Waals surface area contributed by atoms with Crippen LogP contribution >= 0.6 is 0 Å². The highest BCUT2D eigenvalue weighted by molar-refractivity contribution is 7.89. The van der Waals surface area contributed by atoms with E-state index in [0.29, 0.717) is 5.75 Å². The van der Waals surface area contributed by atoms with Gasteiger partial charge in [0.2, 0.25) is 10.0 Å². The molecule has 0 saturated heterocycles. The first-order valence-electron chi connectivity index (χ1n) is 7.71. The highest BCUT2D eigenvalue weighted by Gasteiger charge is 2.19. The minimum Gasteiger partial charge on any atom is -0.495 e. The van der Waals surface area contributed by atoms with E-state index in [9.17, 15) is 8.42 Å². The Labute approximate surface area is 143 Å². The predicted octanol–water partition coefficient (Wildman–Crippen LogP) is 3.27. The Kier molecular flexibility index (Phi) is 5.85. The van der Waals surface area contributed by atoms with Gasteiger partial charge in [-0.25, -0.2) is 13.1 Å². The molecule has 0 bridgehead atoms. The average molecular weight is 349 g/mol. The van der Waals surface area contributed by atoms with Gasteiger partial charge in [-0.15, -0.1) is 0 Å². The zero-order chi connectivity index (χ0) is 17.7. The predicted molar refractivity (Wildman–Crippen MR) is 94.0 cm³/mol. The van der Waals surface area contributed by atoms with Gasteiger partial charge in [-0.2, -0.15) is 0 Å². The van der Waals surface area contributed by atoms with E-state index >= 15 is 0 Å². The summed E-state index contributed by atoms with van der Waals surface area (Å²) in [7, 11) is -2.20. The van der Waals surface area contributed by atoms with Crippen LogP contribution < -0.4 is 14.2 Å². The number of sulfonamides is 1. The van der Waals surface area contributed by atoms with Crippen LogP contribution in [0.15, 0.2) is 47.4 Å². The number of methoxy groups -OCH3 is 1. The van der Waals surface area contributed by atoms with Gasteiger partial charge >= 0.3 is 0 Å². The second-order valence-corrected chi connectivity index (χ2v) is 7.52. The molecule has 0 aliphatic heterocycles. The third-order valence-corrected chi connectivity index (χ3v) is 4.79. The number of aryl methyl sites for hydroxylation is 1. The van der Waals surface area contributed by atoms with Crippen LogP contribution in [0.4, 0.5) is 0 Å². The van der Waals surface area contributed by atoms with Crippen molar-refractivity contribution in [2.24, 2.45) is 0 Å². The van der Waals surface area contributed by atoms with E-state index in [4.69, 9.17) is 9.47 Å². The lowest BCUT2D eigenvalue weighted by Gasteiger charge is -2.12. The Hall–Kier alpha value is -2.05. The van der Waals surface area contributed by atoms with Crippen molar-refractivity contribution < 1.29 is 17.9 Å². The molecule has 1 N–H and O–H groups in total. The van der Waals surface area contributed by atoms with Gasteiger partial charge < -0.3 is 9.47 Å². The van der Waals surface area contributed by atoms with E-state index in [1.165, 1.54) is 7.11 Å². The minimum absolute atomic E-state index is 0.100. The lowest BCUT2D eigenvalue weighted by Crippen LogP contribution is -2.23. The molecule has 0 radical (unpaired) electrons. The Morgan fingerprint density at radius 2 is 1.75 bits per heavy atom. The first-order chi connectivity index (χ1) is 11.3. The van der Waals surface area contributed by atoms with E-state index in [0.717, 1.165) is 16.9 Å². The lowest BCUT2D eigenvalue weighted by molar-refractivity contribution is 0.242. The van der Waals surface area contributed by atoms with Crippen LogP contribution in [0.25, 0.3) is 0 Å². The molecule has 0 saturated carbocycles. The number of hydrogen-bond donors (Lipinski definition) is 1. The SMILES string of the molecule is COc1ccc(C)cc1S(=O)(=O)NCc1ccc(OC(C)C)cc1. The van der Waals surface area contributed by atoms with Gasteiger partial charge in [-0.05, 0) is 56.2 Å². The summed E-state index contributed by atoms with van der Waals surface area (Å²) in [5, 5.41) is 0. The summed E-state index contributed by atoms with van der Waals surface area (Å²) in [6.45, 7) is 5.95. The summed E-state index contributed by atoms with van der Waals surface area (Å²) in [5.41, 5.74) is 1.70. The van der Waals surface area contributed by atoms with Gasteiger partial charge in [-0.1, -0.05) is 18.2 Å². The first kappa shape index (κ1) is 18.3. The fourth-order valence-electron chi connectivity index (χ4n) is 2.21. The lowest BCUT2D eigenvalue weighted by atomic mass is 10.2. The van der Waals surface area contributed by atoms with Gasteiger partial charge in [0.1, 0.15) is 16.4 Å². The maximum atomic E-state index is 12.5. The van der Waals surface area contributed by atoms with E-state index in [2.05, 4.69) is 4.72 Å². The molecule has 0 atom stereocenters. The second-order valence-electron chi connectivity index (χ2n) is 5.79. The normalized spacial score (nSPS) is 11.5. The molecule has 6 heteroatoms. The Bertz CT molecular complexity index is 783. The number of nitrogens with one attached hydrogen (secondary N) is 1. The van der Waals surface area contributed by atoms with Crippen molar-refractivity contribution in [3.05, 3.63) is 53.6 Å². The van der Waals surface area contributed by atoms with Crippen molar-refractivity contribution in [1.82, 2.24) is 4.72 Å². The largest absolute Gasteiger partial charge is 0.495 e. The third kappa shape index (κ3) is 4.72. The average Bonchev–Trinajstić information content (AvgIpc) is 2.54. The topological polar surface area (TPSA) is 64.6 Å². The smallest absolute Gasteiger partial charge is 0.244 e. The first-order valence-corrected chi connectivity index (χ1v) is 9.20. The molecule has 0 aliphatic rings. The van der Waals surface area contributed by atoms with Crippen molar-refractivity contribution in [3.8, 4) is 11.5 Å². The summed E-state index contributed by atoms with van der Waals surface area (Å²) in [5.74, 6) is 1.09. The van der Waals surface area contributed by atoms with Crippen LogP contribution in [-0.2, 0) is 16.6 Å². The van der Waals surface area contributed by atoms with Crippen LogP contribution in [0.2, 0.25) is 0 Å². The highest BCUT2D eigenvalue weighted by Crippen LogP contribution is 2.24. The summed E-state index contributed by atoms with van der Waals surface area (Å²) >= 11 is 0. The Morgan fingerprint density at radius 1 is 1.08 bits per heavy atom. The molecule has 0 heterocycles. The molecule has 24 heavy (non-hydrogen) atoms. The van der Waals surface area contributed by atoms with Gasteiger partial charge in [0, 0.05) is 6.54 Å². The summed E-state index contributed by atoms with van der Waals surface area (Å²) in [6.07, 6.45) is 0.100. The maximum Gasteiger partial charge on any atom is 0.244 e. The van der Waals surface area contributed by atoms with Crippen molar-refractivity contribution in [2.75, 3.05) is 7.11 Å². The number of rotatable bonds is 7. The molecular weight excluding hydrogens is 326 g/mol. The molecule has 0 fully saturated rings. The van der Waals surface area contributed by atoms with E-state index in [1.807, 2.05) is 51.1 Å². The molecule has 0 unspecified atom stereocenters. The zero-order valence-corrected chi connectivity index (χ0v) is 15.2. The molecule has 0 spiro atoms. The highest BCUT2D eigenvalue weighted by atomic mass is 32.2. The molecule has 0 aliphatic carbocycles. The van der Waals surface area contributed by atoms with Crippen LogP contribution in [-0.4, -0.2) is 21.6 Å². The minimum atomic E-state index is -3.66. The molecule has 2 aromatic rings. The molecule has 2 rings (SSSR count). The maximum absolute atomic E-state index is 12.5. The van der Waals surface area contributed by atoms with E-state index in [1.54, 1.807) is 12.1 Å². The van der Waals surface area contributed by atoms with Gasteiger partial charge in [0.05, 0.1) is 13.2 Å². The number of hydrogen-bond acceptors (Lipinski definition) is 4. The van der Waals surface area contributed by atoms with E-state index in [-0.39, 0.29) is 17.5 Å². The molecular formula is C18H23NO4S. The third-order valence-electron chi connectivity index (χ3n) is 3.37. The quantitative estimate of drug-likeness (QED) is 0.833. The number of benzene rings is 2.